The SMILES string of the molecule is O=C(NCC1=CCNCC1)c1cc(F)cc(C(F)(F)F)c1. The minimum Gasteiger partial charge on any atom is -0.348 e. The number of amides is 1. The van der Waals surface area contributed by atoms with E-state index in [1.807, 2.05) is 6.08 Å². The second kappa shape index (κ2) is 6.26. The van der Waals surface area contributed by atoms with E-state index in [4.69, 9.17) is 0 Å². The number of benzene rings is 1. The van der Waals surface area contributed by atoms with E-state index >= 15 is 0 Å². The molecule has 0 spiro atoms. The summed E-state index contributed by atoms with van der Waals surface area (Å²) in [4.78, 5) is 11.8. The summed E-state index contributed by atoms with van der Waals surface area (Å²) in [7, 11) is 0. The van der Waals surface area contributed by atoms with Crippen molar-refractivity contribution in [2.24, 2.45) is 0 Å². The molecule has 0 fully saturated rings. The monoisotopic (exact) mass is 302 g/mol. The lowest BCUT2D eigenvalue weighted by atomic mass is 10.1. The van der Waals surface area contributed by atoms with Gasteiger partial charge in [-0.25, -0.2) is 4.39 Å². The Balaban J connectivity index is 2.08. The zero-order valence-corrected chi connectivity index (χ0v) is 11.1. The number of nitrogens with one attached hydrogen (secondary N) is 2. The number of alkyl halides is 3. The lowest BCUT2D eigenvalue weighted by molar-refractivity contribution is -0.137. The van der Waals surface area contributed by atoms with Crippen LogP contribution < -0.4 is 10.6 Å². The Kier molecular flexibility index (Phi) is 4.62. The van der Waals surface area contributed by atoms with Crippen LogP contribution in [0, 0.1) is 5.82 Å². The molecule has 21 heavy (non-hydrogen) atoms. The first-order valence-corrected chi connectivity index (χ1v) is 6.41. The molecule has 2 rings (SSSR count). The Labute approximate surface area is 119 Å². The van der Waals surface area contributed by atoms with E-state index in [1.165, 1.54) is 0 Å². The van der Waals surface area contributed by atoms with Crippen molar-refractivity contribution >= 4 is 5.91 Å². The van der Waals surface area contributed by atoms with Gasteiger partial charge < -0.3 is 10.6 Å². The van der Waals surface area contributed by atoms with Crippen molar-refractivity contribution in [3.05, 3.63) is 46.8 Å². The summed E-state index contributed by atoms with van der Waals surface area (Å²) in [5.74, 6) is -1.81. The second-order valence-electron chi connectivity index (χ2n) is 4.73. The van der Waals surface area contributed by atoms with Gasteiger partial charge in [0.1, 0.15) is 5.82 Å². The highest BCUT2D eigenvalue weighted by molar-refractivity contribution is 5.94. The van der Waals surface area contributed by atoms with Crippen LogP contribution in [-0.4, -0.2) is 25.5 Å². The van der Waals surface area contributed by atoms with Gasteiger partial charge in [-0.15, -0.1) is 0 Å². The van der Waals surface area contributed by atoms with Crippen molar-refractivity contribution in [3.63, 3.8) is 0 Å². The molecule has 0 saturated carbocycles. The molecule has 1 heterocycles. The van der Waals surface area contributed by atoms with Crippen molar-refractivity contribution in [1.29, 1.82) is 0 Å². The van der Waals surface area contributed by atoms with Gasteiger partial charge in [-0.1, -0.05) is 11.6 Å². The molecule has 0 unspecified atom stereocenters. The molecular formula is C14H14F4N2O. The summed E-state index contributed by atoms with van der Waals surface area (Å²) >= 11 is 0. The number of rotatable bonds is 3. The first-order chi connectivity index (χ1) is 9.86. The molecule has 1 aliphatic rings. The molecule has 0 radical (unpaired) electrons. The van der Waals surface area contributed by atoms with Crippen LogP contribution in [0.3, 0.4) is 0 Å². The molecule has 2 N–H and O–H groups in total. The largest absolute Gasteiger partial charge is 0.416 e. The van der Waals surface area contributed by atoms with Crippen LogP contribution in [0.1, 0.15) is 22.3 Å². The molecule has 0 atom stereocenters. The van der Waals surface area contributed by atoms with Gasteiger partial charge in [-0.05, 0) is 31.2 Å². The van der Waals surface area contributed by atoms with E-state index in [1.54, 1.807) is 0 Å². The number of carbonyl (C=O) groups excluding carboxylic acids is 1. The van der Waals surface area contributed by atoms with Gasteiger partial charge in [-0.3, -0.25) is 4.79 Å². The van der Waals surface area contributed by atoms with Crippen molar-refractivity contribution in [1.82, 2.24) is 10.6 Å². The summed E-state index contributed by atoms with van der Waals surface area (Å²) in [6.45, 7) is 1.74. The Morgan fingerprint density at radius 2 is 2.05 bits per heavy atom. The average molecular weight is 302 g/mol. The fourth-order valence-electron chi connectivity index (χ4n) is 2.01. The van der Waals surface area contributed by atoms with Gasteiger partial charge >= 0.3 is 6.18 Å². The smallest absolute Gasteiger partial charge is 0.348 e. The van der Waals surface area contributed by atoms with E-state index in [9.17, 15) is 22.4 Å². The topological polar surface area (TPSA) is 41.1 Å². The number of carbonyl (C=O) groups is 1. The Morgan fingerprint density at radius 1 is 1.29 bits per heavy atom. The van der Waals surface area contributed by atoms with Crippen LogP contribution in [0.25, 0.3) is 0 Å². The number of hydrogen-bond acceptors (Lipinski definition) is 2. The molecule has 0 saturated heterocycles. The van der Waals surface area contributed by atoms with Gasteiger partial charge in [0.25, 0.3) is 5.91 Å². The minimum atomic E-state index is -4.69. The highest BCUT2D eigenvalue weighted by Crippen LogP contribution is 2.30. The minimum absolute atomic E-state index is 0.248. The van der Waals surface area contributed by atoms with E-state index in [0.717, 1.165) is 24.6 Å². The summed E-state index contributed by atoms with van der Waals surface area (Å²) in [5.41, 5.74) is -0.514. The first-order valence-electron chi connectivity index (χ1n) is 6.41. The first kappa shape index (κ1) is 15.5. The van der Waals surface area contributed by atoms with Crippen LogP contribution in [0.15, 0.2) is 29.8 Å². The molecular weight excluding hydrogens is 288 g/mol. The third-order valence-corrected chi connectivity index (χ3v) is 3.12. The molecule has 0 aliphatic carbocycles. The zero-order chi connectivity index (χ0) is 15.5. The normalized spacial score (nSPS) is 15.5. The lowest BCUT2D eigenvalue weighted by Gasteiger charge is -2.15. The fraction of sp³-hybridized carbons (Fsp3) is 0.357. The molecule has 0 bridgehead atoms. The van der Waals surface area contributed by atoms with E-state index < -0.39 is 23.5 Å². The second-order valence-corrected chi connectivity index (χ2v) is 4.73. The predicted octanol–water partition coefficient (Wildman–Crippen LogP) is 2.49. The van der Waals surface area contributed by atoms with Crippen LogP contribution in [0.5, 0.6) is 0 Å². The van der Waals surface area contributed by atoms with Crippen molar-refractivity contribution in [2.45, 2.75) is 12.6 Å². The molecule has 1 aromatic rings. The molecule has 3 nitrogen and oxygen atoms in total. The summed E-state index contributed by atoms with van der Waals surface area (Å²) in [5, 5.41) is 5.61. The molecule has 114 valence electrons. The molecule has 1 aromatic carbocycles. The van der Waals surface area contributed by atoms with Gasteiger partial charge in [0.2, 0.25) is 0 Å². The fourth-order valence-corrected chi connectivity index (χ4v) is 2.01. The summed E-state index contributed by atoms with van der Waals surface area (Å²) in [6, 6.07) is 1.81. The lowest BCUT2D eigenvalue weighted by Crippen LogP contribution is -2.29. The third-order valence-electron chi connectivity index (χ3n) is 3.12. The van der Waals surface area contributed by atoms with Crippen molar-refractivity contribution in [2.75, 3.05) is 19.6 Å². The van der Waals surface area contributed by atoms with Gasteiger partial charge in [0, 0.05) is 18.7 Å². The molecule has 1 aliphatic heterocycles. The van der Waals surface area contributed by atoms with E-state index in [0.29, 0.717) is 18.7 Å². The van der Waals surface area contributed by atoms with Crippen LogP contribution >= 0.6 is 0 Å². The van der Waals surface area contributed by atoms with E-state index in [2.05, 4.69) is 10.6 Å². The third kappa shape index (κ3) is 4.29. The maximum atomic E-state index is 13.2. The highest BCUT2D eigenvalue weighted by Gasteiger charge is 2.32. The van der Waals surface area contributed by atoms with Crippen molar-refractivity contribution in [3.8, 4) is 0 Å². The molecule has 7 heteroatoms. The van der Waals surface area contributed by atoms with Crippen molar-refractivity contribution < 1.29 is 22.4 Å². The van der Waals surface area contributed by atoms with Crippen LogP contribution in [0.4, 0.5) is 17.6 Å². The molecule has 0 aromatic heterocycles. The highest BCUT2D eigenvalue weighted by atomic mass is 19.4. The Bertz CT molecular complexity index is 567. The average Bonchev–Trinajstić information content (AvgIpc) is 2.44. The van der Waals surface area contributed by atoms with Gasteiger partial charge in [-0.2, -0.15) is 13.2 Å². The standard InChI is InChI=1S/C14H14F4N2O/c15-12-6-10(5-11(7-12)14(16,17)18)13(21)20-8-9-1-3-19-4-2-9/h1,5-7,19H,2-4,8H2,(H,20,21). The van der Waals surface area contributed by atoms with Crippen LogP contribution in [-0.2, 0) is 6.18 Å². The Hall–Kier alpha value is -1.89. The number of halogens is 4. The van der Waals surface area contributed by atoms with Crippen LogP contribution in [0.2, 0.25) is 0 Å². The zero-order valence-electron chi connectivity index (χ0n) is 11.1. The van der Waals surface area contributed by atoms with E-state index in [-0.39, 0.29) is 12.1 Å². The maximum absolute atomic E-state index is 13.2. The molecule has 1 amide bonds. The van der Waals surface area contributed by atoms with Gasteiger partial charge in [0.15, 0.2) is 0 Å². The Morgan fingerprint density at radius 3 is 2.67 bits per heavy atom. The predicted molar refractivity (Wildman–Crippen MR) is 69.3 cm³/mol. The summed E-state index contributed by atoms with van der Waals surface area (Å²) in [6.07, 6.45) is -2.01. The van der Waals surface area contributed by atoms with Gasteiger partial charge in [0.05, 0.1) is 5.56 Å². The maximum Gasteiger partial charge on any atom is 0.416 e. The summed E-state index contributed by atoms with van der Waals surface area (Å²) < 4.78 is 50.9. The number of hydrogen-bond donors (Lipinski definition) is 2. The quantitative estimate of drug-likeness (QED) is 0.665.